The van der Waals surface area contributed by atoms with Crippen molar-refractivity contribution in [2.24, 2.45) is 5.92 Å². The number of nitrogens with zero attached hydrogens (tertiary/aromatic N) is 1. The maximum absolute atomic E-state index is 12.6. The molecule has 2 aromatic rings. The molecule has 0 bridgehead atoms. The number of benzene rings is 2. The summed E-state index contributed by atoms with van der Waals surface area (Å²) in [5.74, 6) is -1.51. The van der Waals surface area contributed by atoms with Gasteiger partial charge in [-0.2, -0.15) is 0 Å². The summed E-state index contributed by atoms with van der Waals surface area (Å²) in [5.41, 5.74) is 1.11. The Hall–Kier alpha value is -3.02. The topological polar surface area (TPSA) is 87.1 Å². The molecule has 1 saturated heterocycles. The van der Waals surface area contributed by atoms with Gasteiger partial charge in [-0.15, -0.1) is 0 Å². The Balaban J connectivity index is 1.71. The molecule has 2 N–H and O–H groups in total. The number of hydrogen-bond donors (Lipinski definition) is 2. The maximum Gasteiger partial charge on any atom is 0.308 e. The predicted molar refractivity (Wildman–Crippen MR) is 90.5 cm³/mol. The third kappa shape index (κ3) is 3.91. The monoisotopic (exact) mass is 341 g/mol. The molecular weight excluding hydrogens is 322 g/mol. The molecule has 1 atom stereocenters. The average Bonchev–Trinajstić information content (AvgIpc) is 3.12. The predicted octanol–water partition coefficient (Wildman–Crippen LogP) is 2.52. The van der Waals surface area contributed by atoms with E-state index in [4.69, 9.17) is 9.84 Å². The van der Waals surface area contributed by atoms with Gasteiger partial charge in [0.05, 0.1) is 11.5 Å². The number of amides is 1. The standard InChI is InChI=1S/C19H19NO5/c21-17-7-6-15(25-12-13-4-2-1-3-5-13)10-16(17)18(22)20-9-8-14(11-20)19(23)24/h1-7,10,14,21H,8-9,11-12H2,(H,23,24). The van der Waals surface area contributed by atoms with Crippen LogP contribution in [0.25, 0.3) is 0 Å². The van der Waals surface area contributed by atoms with Gasteiger partial charge >= 0.3 is 5.97 Å². The summed E-state index contributed by atoms with van der Waals surface area (Å²) in [4.78, 5) is 25.1. The van der Waals surface area contributed by atoms with Gasteiger partial charge in [-0.1, -0.05) is 30.3 Å². The van der Waals surface area contributed by atoms with E-state index in [1.807, 2.05) is 30.3 Å². The second kappa shape index (κ2) is 7.25. The second-order valence-corrected chi connectivity index (χ2v) is 6.03. The summed E-state index contributed by atoms with van der Waals surface area (Å²) in [6, 6.07) is 14.1. The number of rotatable bonds is 5. The quantitative estimate of drug-likeness (QED) is 0.872. The number of aromatic hydroxyl groups is 1. The van der Waals surface area contributed by atoms with Gasteiger partial charge in [0.15, 0.2) is 0 Å². The third-order valence-corrected chi connectivity index (χ3v) is 4.27. The van der Waals surface area contributed by atoms with E-state index in [9.17, 15) is 14.7 Å². The van der Waals surface area contributed by atoms with Crippen LogP contribution >= 0.6 is 0 Å². The van der Waals surface area contributed by atoms with Crippen molar-refractivity contribution in [2.75, 3.05) is 13.1 Å². The van der Waals surface area contributed by atoms with Crippen LogP contribution in [0.15, 0.2) is 48.5 Å². The summed E-state index contributed by atoms with van der Waals surface area (Å²) in [7, 11) is 0. The van der Waals surface area contributed by atoms with Crippen LogP contribution in [0.5, 0.6) is 11.5 Å². The molecule has 0 radical (unpaired) electrons. The minimum absolute atomic E-state index is 0.122. The molecule has 1 heterocycles. The largest absolute Gasteiger partial charge is 0.507 e. The van der Waals surface area contributed by atoms with E-state index in [0.29, 0.717) is 25.3 Å². The lowest BCUT2D eigenvalue weighted by atomic mass is 10.1. The summed E-state index contributed by atoms with van der Waals surface area (Å²) >= 11 is 0. The van der Waals surface area contributed by atoms with Crippen molar-refractivity contribution in [1.29, 1.82) is 0 Å². The molecule has 25 heavy (non-hydrogen) atoms. The lowest BCUT2D eigenvalue weighted by Gasteiger charge is -2.17. The fourth-order valence-corrected chi connectivity index (χ4v) is 2.83. The number of carboxylic acids is 1. The molecule has 6 nitrogen and oxygen atoms in total. The van der Waals surface area contributed by atoms with Gasteiger partial charge < -0.3 is 19.8 Å². The molecule has 3 rings (SSSR count). The average molecular weight is 341 g/mol. The van der Waals surface area contributed by atoms with Gasteiger partial charge in [-0.05, 0) is 30.2 Å². The van der Waals surface area contributed by atoms with Crippen LogP contribution in [0.4, 0.5) is 0 Å². The van der Waals surface area contributed by atoms with Crippen molar-refractivity contribution in [2.45, 2.75) is 13.0 Å². The SMILES string of the molecule is O=C(O)C1CCN(C(=O)c2cc(OCc3ccccc3)ccc2O)C1. The Morgan fingerprint density at radius 1 is 1.16 bits per heavy atom. The molecule has 0 spiro atoms. The Kier molecular flexibility index (Phi) is 4.88. The number of carboxylic acid groups (broad SMARTS) is 1. The molecule has 0 aromatic heterocycles. The normalized spacial score (nSPS) is 16.6. The van der Waals surface area contributed by atoms with Crippen LogP contribution in [0.3, 0.4) is 0 Å². The first-order valence-electron chi connectivity index (χ1n) is 8.06. The third-order valence-electron chi connectivity index (χ3n) is 4.27. The summed E-state index contributed by atoms with van der Waals surface area (Å²) in [6.07, 6.45) is 0.423. The van der Waals surface area contributed by atoms with Crippen molar-refractivity contribution in [3.05, 3.63) is 59.7 Å². The number of likely N-dealkylation sites (tertiary alicyclic amines) is 1. The Morgan fingerprint density at radius 3 is 2.60 bits per heavy atom. The van der Waals surface area contributed by atoms with Crippen molar-refractivity contribution in [3.8, 4) is 11.5 Å². The van der Waals surface area contributed by atoms with Crippen LogP contribution in [0.1, 0.15) is 22.3 Å². The van der Waals surface area contributed by atoms with Crippen LogP contribution in [0, 0.1) is 5.92 Å². The number of aliphatic carboxylic acids is 1. The van der Waals surface area contributed by atoms with Crippen LogP contribution < -0.4 is 4.74 Å². The zero-order chi connectivity index (χ0) is 17.8. The maximum atomic E-state index is 12.6. The molecule has 1 aliphatic rings. The van der Waals surface area contributed by atoms with Crippen molar-refractivity contribution in [1.82, 2.24) is 4.90 Å². The lowest BCUT2D eigenvalue weighted by molar-refractivity contribution is -0.141. The van der Waals surface area contributed by atoms with E-state index in [0.717, 1.165) is 5.56 Å². The number of hydrogen-bond acceptors (Lipinski definition) is 4. The fraction of sp³-hybridized carbons (Fsp3) is 0.263. The van der Waals surface area contributed by atoms with Crippen molar-refractivity contribution < 1.29 is 24.5 Å². The van der Waals surface area contributed by atoms with E-state index in [1.165, 1.54) is 17.0 Å². The highest BCUT2D eigenvalue weighted by Crippen LogP contribution is 2.27. The Morgan fingerprint density at radius 2 is 1.92 bits per heavy atom. The summed E-state index contributed by atoms with van der Waals surface area (Å²) < 4.78 is 5.68. The van der Waals surface area contributed by atoms with E-state index in [2.05, 4.69) is 0 Å². The number of phenols is 1. The minimum atomic E-state index is -0.903. The molecule has 0 saturated carbocycles. The zero-order valence-corrected chi connectivity index (χ0v) is 13.6. The molecule has 1 unspecified atom stereocenters. The number of phenolic OH excluding ortho intramolecular Hbond substituents is 1. The van der Waals surface area contributed by atoms with E-state index < -0.39 is 11.9 Å². The number of carbonyl (C=O) groups is 2. The minimum Gasteiger partial charge on any atom is -0.507 e. The summed E-state index contributed by atoms with van der Waals surface area (Å²) in [6.45, 7) is 0.872. The van der Waals surface area contributed by atoms with Crippen molar-refractivity contribution >= 4 is 11.9 Å². The van der Waals surface area contributed by atoms with Gasteiger partial charge in [0.25, 0.3) is 5.91 Å². The zero-order valence-electron chi connectivity index (χ0n) is 13.6. The van der Waals surface area contributed by atoms with E-state index in [1.54, 1.807) is 6.07 Å². The lowest BCUT2D eigenvalue weighted by Crippen LogP contribution is -2.30. The van der Waals surface area contributed by atoms with Crippen LogP contribution in [-0.2, 0) is 11.4 Å². The highest BCUT2D eigenvalue weighted by atomic mass is 16.5. The number of carbonyl (C=O) groups excluding carboxylic acids is 1. The molecule has 6 heteroatoms. The molecule has 1 fully saturated rings. The molecular formula is C19H19NO5. The van der Waals surface area contributed by atoms with Gasteiger partial charge in [-0.25, -0.2) is 0 Å². The highest BCUT2D eigenvalue weighted by Gasteiger charge is 2.32. The highest BCUT2D eigenvalue weighted by molar-refractivity contribution is 5.97. The Labute approximate surface area is 145 Å². The van der Waals surface area contributed by atoms with Gasteiger partial charge in [0.1, 0.15) is 18.1 Å². The van der Waals surface area contributed by atoms with E-state index >= 15 is 0 Å². The second-order valence-electron chi connectivity index (χ2n) is 6.03. The fourth-order valence-electron chi connectivity index (χ4n) is 2.83. The summed E-state index contributed by atoms with van der Waals surface area (Å²) in [5, 5.41) is 19.1. The van der Waals surface area contributed by atoms with Crippen molar-refractivity contribution in [3.63, 3.8) is 0 Å². The first-order valence-corrected chi connectivity index (χ1v) is 8.06. The van der Waals surface area contributed by atoms with Gasteiger partial charge in [0.2, 0.25) is 0 Å². The molecule has 130 valence electrons. The molecule has 1 amide bonds. The molecule has 2 aromatic carbocycles. The van der Waals surface area contributed by atoms with Gasteiger partial charge in [0, 0.05) is 13.1 Å². The molecule has 1 aliphatic heterocycles. The molecule has 0 aliphatic carbocycles. The number of ether oxygens (including phenoxy) is 1. The van der Waals surface area contributed by atoms with Crippen LogP contribution in [0.2, 0.25) is 0 Å². The van der Waals surface area contributed by atoms with E-state index in [-0.39, 0.29) is 23.8 Å². The Bertz CT molecular complexity index is 775. The first kappa shape index (κ1) is 16.8. The van der Waals surface area contributed by atoms with Gasteiger partial charge in [-0.3, -0.25) is 9.59 Å². The smallest absolute Gasteiger partial charge is 0.308 e. The first-order chi connectivity index (χ1) is 12.0. The van der Waals surface area contributed by atoms with Crippen LogP contribution in [-0.4, -0.2) is 40.1 Å².